The molecule has 3 aromatic rings. The van der Waals surface area contributed by atoms with Crippen LogP contribution in [-0.4, -0.2) is 33.4 Å². The van der Waals surface area contributed by atoms with E-state index < -0.39 is 0 Å². The number of hydrogen-bond acceptors (Lipinski definition) is 5. The van der Waals surface area contributed by atoms with Gasteiger partial charge in [0.2, 0.25) is 0 Å². The van der Waals surface area contributed by atoms with E-state index in [9.17, 15) is 0 Å². The van der Waals surface area contributed by atoms with Gasteiger partial charge in [0.05, 0.1) is 6.10 Å². The number of aromatic nitrogens is 3. The van der Waals surface area contributed by atoms with Gasteiger partial charge in [-0.25, -0.2) is 4.99 Å². The van der Waals surface area contributed by atoms with Gasteiger partial charge in [0.1, 0.15) is 18.1 Å². The first-order valence-corrected chi connectivity index (χ1v) is 11.3. The summed E-state index contributed by atoms with van der Waals surface area (Å²) in [6.45, 7) is 6.33. The Bertz CT molecular complexity index is 969. The van der Waals surface area contributed by atoms with E-state index in [0.29, 0.717) is 6.54 Å². The zero-order valence-electron chi connectivity index (χ0n) is 17.9. The van der Waals surface area contributed by atoms with Crippen molar-refractivity contribution in [3.05, 3.63) is 58.3 Å². The Balaban J connectivity index is 0.00000272. The minimum atomic E-state index is 0. The molecule has 166 valence electrons. The lowest BCUT2D eigenvalue weighted by Gasteiger charge is -2.14. The van der Waals surface area contributed by atoms with Crippen molar-refractivity contribution in [3.63, 3.8) is 0 Å². The molecular formula is C22H29IN6OS. The maximum atomic E-state index is 5.73. The number of aliphatic imine (C=N–C) groups is 1. The van der Waals surface area contributed by atoms with E-state index in [0.717, 1.165) is 61.4 Å². The molecule has 3 heterocycles. The summed E-state index contributed by atoms with van der Waals surface area (Å²) < 4.78 is 7.91. The molecule has 0 saturated heterocycles. The molecule has 0 saturated carbocycles. The van der Waals surface area contributed by atoms with E-state index in [1.165, 1.54) is 4.88 Å². The van der Waals surface area contributed by atoms with Gasteiger partial charge in [-0.15, -0.1) is 45.5 Å². The summed E-state index contributed by atoms with van der Waals surface area (Å²) in [5, 5.41) is 17.5. The topological polar surface area (TPSA) is 76.4 Å². The van der Waals surface area contributed by atoms with Crippen LogP contribution in [0.4, 0.5) is 5.69 Å². The number of benzene rings is 1. The fourth-order valence-electron chi connectivity index (χ4n) is 3.40. The third-order valence-electron chi connectivity index (χ3n) is 4.80. The molecule has 0 aliphatic carbocycles. The van der Waals surface area contributed by atoms with Gasteiger partial charge in [0, 0.05) is 30.1 Å². The number of guanidine groups is 1. The smallest absolute Gasteiger partial charge is 0.196 e. The minimum Gasteiger partial charge on any atom is -0.491 e. The Morgan fingerprint density at radius 2 is 2.06 bits per heavy atom. The molecule has 0 bridgehead atoms. The summed E-state index contributed by atoms with van der Waals surface area (Å²) >= 11 is 1.77. The molecule has 4 rings (SSSR count). The van der Waals surface area contributed by atoms with Gasteiger partial charge in [-0.3, -0.25) is 0 Å². The van der Waals surface area contributed by atoms with Crippen molar-refractivity contribution in [1.82, 2.24) is 20.1 Å². The molecular weight excluding hydrogens is 523 g/mol. The molecule has 1 aliphatic rings. The van der Waals surface area contributed by atoms with Crippen molar-refractivity contribution in [2.24, 2.45) is 4.99 Å². The van der Waals surface area contributed by atoms with Gasteiger partial charge in [0.25, 0.3) is 0 Å². The number of hydrogen-bond donors (Lipinski definition) is 2. The van der Waals surface area contributed by atoms with Crippen LogP contribution in [0.2, 0.25) is 0 Å². The molecule has 0 fully saturated rings. The first-order valence-electron chi connectivity index (χ1n) is 10.4. The van der Waals surface area contributed by atoms with Gasteiger partial charge in [-0.2, -0.15) is 0 Å². The zero-order chi connectivity index (χ0) is 20.8. The van der Waals surface area contributed by atoms with Crippen molar-refractivity contribution in [3.8, 4) is 5.75 Å². The summed E-state index contributed by atoms with van der Waals surface area (Å²) in [7, 11) is 0. The van der Waals surface area contributed by atoms with E-state index in [-0.39, 0.29) is 30.1 Å². The van der Waals surface area contributed by atoms with Gasteiger partial charge < -0.3 is 19.9 Å². The maximum absolute atomic E-state index is 5.73. The maximum Gasteiger partial charge on any atom is 0.196 e. The molecule has 0 spiro atoms. The highest BCUT2D eigenvalue weighted by Crippen LogP contribution is 2.18. The minimum absolute atomic E-state index is 0. The predicted molar refractivity (Wildman–Crippen MR) is 137 cm³/mol. The lowest BCUT2D eigenvalue weighted by atomic mass is 10.3. The summed E-state index contributed by atoms with van der Waals surface area (Å²) in [5.41, 5.74) is 0.958. The number of nitrogens with zero attached hydrogens (tertiary/aromatic N) is 4. The zero-order valence-corrected chi connectivity index (χ0v) is 21.0. The van der Waals surface area contributed by atoms with Crippen LogP contribution in [0.15, 0.2) is 46.8 Å². The third kappa shape index (κ3) is 6.67. The molecule has 0 atom stereocenters. The highest BCUT2D eigenvalue weighted by atomic mass is 127. The Morgan fingerprint density at radius 1 is 1.23 bits per heavy atom. The summed E-state index contributed by atoms with van der Waals surface area (Å²) in [5.74, 6) is 3.58. The number of aryl methyl sites for hydroxylation is 1. The normalized spacial score (nSPS) is 13.1. The first-order chi connectivity index (χ1) is 14.7. The van der Waals surface area contributed by atoms with Crippen LogP contribution >= 0.6 is 35.3 Å². The van der Waals surface area contributed by atoms with E-state index in [1.807, 2.05) is 38.1 Å². The molecule has 7 nitrogen and oxygen atoms in total. The largest absolute Gasteiger partial charge is 0.491 e. The average Bonchev–Trinajstić information content (AvgIpc) is 3.46. The Hall–Kier alpha value is -2.14. The van der Waals surface area contributed by atoms with Crippen molar-refractivity contribution in [2.75, 3.05) is 11.9 Å². The van der Waals surface area contributed by atoms with Gasteiger partial charge >= 0.3 is 0 Å². The summed E-state index contributed by atoms with van der Waals surface area (Å²) in [6, 6.07) is 12.2. The number of halogens is 1. The van der Waals surface area contributed by atoms with Gasteiger partial charge in [0.15, 0.2) is 11.8 Å². The van der Waals surface area contributed by atoms with Crippen molar-refractivity contribution in [1.29, 1.82) is 0 Å². The van der Waals surface area contributed by atoms with Crippen molar-refractivity contribution < 1.29 is 4.74 Å². The molecule has 0 unspecified atom stereocenters. The number of anilines is 1. The SMILES string of the molecule is CC(C)Oc1ccc(NC(=NCc2nnc3n2CCC3)NCCc2cccs2)cc1.I. The van der Waals surface area contributed by atoms with Crippen LogP contribution in [0, 0.1) is 0 Å². The van der Waals surface area contributed by atoms with Gasteiger partial charge in [-0.05, 0) is 62.4 Å². The predicted octanol–water partition coefficient (Wildman–Crippen LogP) is 4.49. The molecule has 9 heteroatoms. The van der Waals surface area contributed by atoms with Crippen LogP contribution in [0.25, 0.3) is 0 Å². The molecule has 31 heavy (non-hydrogen) atoms. The third-order valence-corrected chi connectivity index (χ3v) is 5.73. The summed E-state index contributed by atoms with van der Waals surface area (Å²) in [6.07, 6.45) is 3.26. The second-order valence-electron chi connectivity index (χ2n) is 7.52. The molecule has 2 N–H and O–H groups in total. The van der Waals surface area contributed by atoms with E-state index in [2.05, 4.69) is 42.9 Å². The van der Waals surface area contributed by atoms with Crippen LogP contribution in [-0.2, 0) is 25.9 Å². The van der Waals surface area contributed by atoms with Crippen molar-refractivity contribution >= 4 is 47.0 Å². The highest BCUT2D eigenvalue weighted by molar-refractivity contribution is 14.0. The fraction of sp³-hybridized carbons (Fsp3) is 0.409. The van der Waals surface area contributed by atoms with Crippen LogP contribution in [0.3, 0.4) is 0 Å². The quantitative estimate of drug-likeness (QED) is 0.245. The Kier molecular flexibility index (Phi) is 8.70. The number of thiophene rings is 1. The molecule has 0 amide bonds. The average molecular weight is 552 g/mol. The van der Waals surface area contributed by atoms with Crippen LogP contribution in [0.5, 0.6) is 5.75 Å². The number of ether oxygens (including phenoxy) is 1. The van der Waals surface area contributed by atoms with Crippen LogP contribution in [0.1, 0.15) is 36.8 Å². The monoisotopic (exact) mass is 552 g/mol. The lowest BCUT2D eigenvalue weighted by Crippen LogP contribution is -2.32. The fourth-order valence-corrected chi connectivity index (χ4v) is 4.11. The molecule has 0 radical (unpaired) electrons. The highest BCUT2D eigenvalue weighted by Gasteiger charge is 2.16. The second-order valence-corrected chi connectivity index (χ2v) is 8.56. The van der Waals surface area contributed by atoms with Crippen molar-refractivity contribution in [2.45, 2.75) is 52.3 Å². The lowest BCUT2D eigenvalue weighted by molar-refractivity contribution is 0.242. The van der Waals surface area contributed by atoms with Crippen LogP contribution < -0.4 is 15.4 Å². The molecule has 1 aromatic carbocycles. The van der Waals surface area contributed by atoms with E-state index in [1.54, 1.807) is 11.3 Å². The Morgan fingerprint density at radius 3 is 2.81 bits per heavy atom. The number of rotatable bonds is 8. The van der Waals surface area contributed by atoms with E-state index in [4.69, 9.17) is 9.73 Å². The standard InChI is InChI=1S/C22H28N6OS.HI/c1-16(2)29-18-9-7-17(8-10-18)25-22(23-12-11-19-5-4-14-30-19)24-15-21-27-26-20-6-3-13-28(20)21;/h4-5,7-10,14,16H,3,6,11-13,15H2,1-2H3,(H2,23,24,25);1H. The molecule has 2 aromatic heterocycles. The second kappa shape index (κ2) is 11.5. The summed E-state index contributed by atoms with van der Waals surface area (Å²) in [4.78, 5) is 6.13. The molecule has 1 aliphatic heterocycles. The number of nitrogens with one attached hydrogen (secondary N) is 2. The van der Waals surface area contributed by atoms with E-state index >= 15 is 0 Å². The Labute approximate surface area is 204 Å². The number of fused-ring (bicyclic) bond motifs is 1. The van der Waals surface area contributed by atoms with Gasteiger partial charge in [-0.1, -0.05) is 6.07 Å². The first kappa shape index (κ1) is 23.5.